The van der Waals surface area contributed by atoms with Gasteiger partial charge < -0.3 is 16.0 Å². The fourth-order valence-electron chi connectivity index (χ4n) is 3.79. The minimum absolute atomic E-state index is 0.00179. The van der Waals surface area contributed by atoms with E-state index in [4.69, 9.17) is 58.0 Å². The number of carbonyl (C=O) groups excluding carboxylic acids is 3. The lowest BCUT2D eigenvalue weighted by atomic mass is 10.1. The van der Waals surface area contributed by atoms with E-state index in [0.29, 0.717) is 13.0 Å². The third kappa shape index (κ3) is 8.02. The molecule has 0 heterocycles. The maximum Gasteiger partial charge on any atom is 0.415 e. The van der Waals surface area contributed by atoms with Gasteiger partial charge in [0.15, 0.2) is 10.7 Å². The molecule has 236 valence electrons. The second-order valence-electron chi connectivity index (χ2n) is 9.22. The number of hydrogen-bond acceptors (Lipinski definition) is 3. The van der Waals surface area contributed by atoms with Gasteiger partial charge in [-0.1, -0.05) is 47.5 Å². The third-order valence-corrected chi connectivity index (χ3v) is 7.89. The van der Waals surface area contributed by atoms with E-state index in [0.717, 1.165) is 24.3 Å². The van der Waals surface area contributed by atoms with Gasteiger partial charge in [-0.25, -0.2) is 13.2 Å². The molecule has 0 radical (unpaired) electrons. The van der Waals surface area contributed by atoms with Crippen LogP contribution in [0.1, 0.15) is 17.3 Å². The number of alkyl halides is 7. The summed E-state index contributed by atoms with van der Waals surface area (Å²) in [7, 11) is 0. The summed E-state index contributed by atoms with van der Waals surface area (Å²) in [5.74, 6) is -9.20. The van der Waals surface area contributed by atoms with Crippen molar-refractivity contribution < 1.29 is 40.7 Å². The molecule has 1 aliphatic carbocycles. The van der Waals surface area contributed by atoms with E-state index >= 15 is 0 Å². The van der Waals surface area contributed by atoms with Gasteiger partial charge in [0.2, 0.25) is 5.91 Å². The molecule has 6 nitrogen and oxygen atoms in total. The minimum Gasteiger partial charge on any atom is -0.326 e. The number of hydrogen-bond donors (Lipinski definition) is 3. The quantitative estimate of drug-likeness (QED) is 0.137. The van der Waals surface area contributed by atoms with Crippen LogP contribution < -0.4 is 16.0 Å². The molecule has 0 aromatic heterocycles. The van der Waals surface area contributed by atoms with Crippen LogP contribution in [-0.4, -0.2) is 33.1 Å². The van der Waals surface area contributed by atoms with Crippen LogP contribution in [0.4, 0.5) is 43.4 Å². The van der Waals surface area contributed by atoms with Crippen LogP contribution >= 0.6 is 58.0 Å². The van der Waals surface area contributed by atoms with Gasteiger partial charge >= 0.3 is 6.18 Å². The van der Waals surface area contributed by atoms with E-state index in [1.165, 1.54) is 12.1 Å². The zero-order valence-electron chi connectivity index (χ0n) is 21.9. The first-order valence-electron chi connectivity index (χ1n) is 11.9. The standard InChI is InChI=1S/C27H18Cl5F6N3O3/c1-10(3-6-15(33)11(2)27(36,37)38)18-19(26(18,31)32)24(43)39-12-4-5-14(28)13(9-12)23(42)40-17-8-7-16(34)21(20(17)35)41-25(44)22(29)30/h3-9,18-19,22H,1H2,2H3,(H,39,43)(H,40,42)(H,41,44)/b6-3-,15-11-/t18-,19+/m0/s1. The molecule has 0 unspecified atom stereocenters. The third-order valence-electron chi connectivity index (χ3n) is 6.23. The highest BCUT2D eigenvalue weighted by Crippen LogP contribution is 2.62. The van der Waals surface area contributed by atoms with Crippen LogP contribution in [0.2, 0.25) is 5.02 Å². The first-order valence-corrected chi connectivity index (χ1v) is 13.9. The van der Waals surface area contributed by atoms with E-state index < -0.39 is 79.3 Å². The molecule has 0 spiro atoms. The molecule has 3 amide bonds. The highest BCUT2D eigenvalue weighted by atomic mass is 35.5. The predicted molar refractivity (Wildman–Crippen MR) is 158 cm³/mol. The molecule has 0 saturated heterocycles. The average Bonchev–Trinajstić information content (AvgIpc) is 3.52. The van der Waals surface area contributed by atoms with E-state index in [-0.39, 0.29) is 21.8 Å². The fourth-order valence-corrected chi connectivity index (χ4v) is 4.96. The Morgan fingerprint density at radius 1 is 1.00 bits per heavy atom. The molecule has 2 atom stereocenters. The molecule has 3 N–H and O–H groups in total. The van der Waals surface area contributed by atoms with Crippen molar-refractivity contribution in [3.63, 3.8) is 0 Å². The molecule has 2 aromatic rings. The van der Waals surface area contributed by atoms with Gasteiger partial charge in [0.25, 0.3) is 11.8 Å². The molecule has 44 heavy (non-hydrogen) atoms. The summed E-state index contributed by atoms with van der Waals surface area (Å²) in [6.07, 6.45) is -3.44. The Morgan fingerprint density at radius 2 is 1.64 bits per heavy atom. The molecular weight excluding hydrogens is 706 g/mol. The van der Waals surface area contributed by atoms with Crippen LogP contribution in [0.5, 0.6) is 0 Å². The van der Waals surface area contributed by atoms with Crippen molar-refractivity contribution in [1.29, 1.82) is 0 Å². The lowest BCUT2D eigenvalue weighted by Crippen LogP contribution is -2.21. The van der Waals surface area contributed by atoms with Crippen molar-refractivity contribution in [2.45, 2.75) is 22.3 Å². The van der Waals surface area contributed by atoms with Gasteiger partial charge in [0.05, 0.1) is 27.8 Å². The Hall–Kier alpha value is -2.90. The molecule has 17 heteroatoms. The summed E-state index contributed by atoms with van der Waals surface area (Å²) in [6, 6.07) is 5.26. The Kier molecular flexibility index (Phi) is 11.0. The summed E-state index contributed by atoms with van der Waals surface area (Å²) in [4.78, 5) is 35.9. The largest absolute Gasteiger partial charge is 0.415 e. The van der Waals surface area contributed by atoms with Crippen molar-refractivity contribution in [1.82, 2.24) is 0 Å². The Bertz CT molecular complexity index is 1590. The van der Waals surface area contributed by atoms with Crippen LogP contribution in [-0.2, 0) is 9.59 Å². The molecule has 1 saturated carbocycles. The number of nitrogens with one attached hydrogen (secondary N) is 3. The summed E-state index contributed by atoms with van der Waals surface area (Å²) in [6.45, 7) is 4.16. The van der Waals surface area contributed by atoms with E-state index in [1.54, 1.807) is 0 Å². The minimum atomic E-state index is -4.89. The SMILES string of the molecule is C=C(/C=C\C(F)=C(/C)C(F)(F)F)[C@H]1[C@H](C(=O)Nc2ccc(Cl)c(C(=O)Nc3ccc(F)c(NC(=O)C(Cl)Cl)c3F)c2)C1(Cl)Cl. The van der Waals surface area contributed by atoms with E-state index in [2.05, 4.69) is 17.2 Å². The van der Waals surface area contributed by atoms with Crippen molar-refractivity contribution in [2.75, 3.05) is 16.0 Å². The number of halogens is 11. The Morgan fingerprint density at radius 3 is 2.23 bits per heavy atom. The second-order valence-corrected chi connectivity index (χ2v) is 12.2. The van der Waals surface area contributed by atoms with Gasteiger partial charge in [-0.15, -0.1) is 23.2 Å². The maximum absolute atomic E-state index is 14.9. The fraction of sp³-hybridized carbons (Fsp3) is 0.222. The molecule has 1 aliphatic rings. The monoisotopic (exact) mass is 721 g/mol. The number of anilines is 3. The van der Waals surface area contributed by atoms with Gasteiger partial charge in [-0.05, 0) is 48.9 Å². The molecule has 1 fully saturated rings. The molecule has 0 aliphatic heterocycles. The van der Waals surface area contributed by atoms with Crippen LogP contribution in [0.15, 0.2) is 66.0 Å². The Balaban J connectivity index is 1.76. The second kappa shape index (κ2) is 13.6. The topological polar surface area (TPSA) is 87.3 Å². The molecule has 3 rings (SSSR count). The van der Waals surface area contributed by atoms with Gasteiger partial charge in [0.1, 0.15) is 21.7 Å². The summed E-state index contributed by atoms with van der Waals surface area (Å²) < 4.78 is 79.2. The lowest BCUT2D eigenvalue weighted by molar-refractivity contribution is -0.117. The summed E-state index contributed by atoms with van der Waals surface area (Å²) in [5, 5.41) is 6.34. The lowest BCUT2D eigenvalue weighted by Gasteiger charge is -2.13. The van der Waals surface area contributed by atoms with E-state index in [9.17, 15) is 40.7 Å². The zero-order chi connectivity index (χ0) is 33.3. The number of carbonyl (C=O) groups is 3. The van der Waals surface area contributed by atoms with Crippen LogP contribution in [0.3, 0.4) is 0 Å². The van der Waals surface area contributed by atoms with Crippen molar-refractivity contribution in [2.24, 2.45) is 11.8 Å². The highest BCUT2D eigenvalue weighted by molar-refractivity contribution is 6.54. The van der Waals surface area contributed by atoms with Crippen molar-refractivity contribution in [3.05, 3.63) is 88.3 Å². The van der Waals surface area contributed by atoms with Gasteiger partial charge in [0, 0.05) is 11.6 Å². The first kappa shape index (κ1) is 35.6. The van der Waals surface area contributed by atoms with Crippen molar-refractivity contribution >= 4 is 92.8 Å². The van der Waals surface area contributed by atoms with Gasteiger partial charge in [-0.2, -0.15) is 13.2 Å². The molecule has 0 bridgehead atoms. The highest BCUT2D eigenvalue weighted by Gasteiger charge is 2.67. The Labute approximate surface area is 271 Å². The molecular formula is C27H18Cl5F6N3O3. The zero-order valence-corrected chi connectivity index (χ0v) is 25.6. The van der Waals surface area contributed by atoms with Gasteiger partial charge in [-0.3, -0.25) is 14.4 Å². The van der Waals surface area contributed by atoms with Crippen LogP contribution in [0.25, 0.3) is 0 Å². The maximum atomic E-state index is 14.9. The normalized spacial score (nSPS) is 18.1. The van der Waals surface area contributed by atoms with Crippen molar-refractivity contribution in [3.8, 4) is 0 Å². The number of allylic oxidation sites excluding steroid dienone is 5. The van der Waals surface area contributed by atoms with Crippen LogP contribution in [0, 0.1) is 23.5 Å². The smallest absolute Gasteiger partial charge is 0.326 e. The average molecular weight is 724 g/mol. The number of benzene rings is 2. The number of rotatable bonds is 9. The first-order chi connectivity index (χ1) is 20.3. The predicted octanol–water partition coefficient (Wildman–Crippen LogP) is 8.89. The summed E-state index contributed by atoms with van der Waals surface area (Å²) >= 11 is 29.3. The molecule has 2 aromatic carbocycles. The summed E-state index contributed by atoms with van der Waals surface area (Å²) in [5.41, 5.74) is -3.26. The number of amides is 3. The van der Waals surface area contributed by atoms with E-state index in [1.807, 2.05) is 5.32 Å².